The molecule has 0 radical (unpaired) electrons. The highest BCUT2D eigenvalue weighted by Crippen LogP contribution is 2.24. The second kappa shape index (κ2) is 4.98. The first-order valence-electron chi connectivity index (χ1n) is 6.89. The molecular weight excluding hydrogens is 315 g/mol. The van der Waals surface area contributed by atoms with E-state index in [1.165, 1.54) is 0 Å². The van der Waals surface area contributed by atoms with Crippen molar-refractivity contribution in [1.29, 1.82) is 0 Å². The zero-order chi connectivity index (χ0) is 15.3. The zero-order valence-electron chi connectivity index (χ0n) is 11.4. The molecule has 0 saturated carbocycles. The fourth-order valence-corrected chi connectivity index (χ4v) is 3.40. The average molecular weight is 325 g/mol. The second-order valence-corrected chi connectivity index (χ2v) is 6.11. The summed E-state index contributed by atoms with van der Waals surface area (Å²) in [6.45, 7) is 0. The van der Waals surface area contributed by atoms with Crippen LogP contribution in [-0.4, -0.2) is 0 Å². The van der Waals surface area contributed by atoms with E-state index in [1.54, 1.807) is 12.1 Å². The zero-order valence-corrected chi connectivity index (χ0v) is 12.9. The molecule has 0 saturated heterocycles. The lowest BCUT2D eigenvalue weighted by molar-refractivity contribution is 1.61. The van der Waals surface area contributed by atoms with Crippen LogP contribution in [0.25, 0.3) is 27.6 Å². The highest BCUT2D eigenvalue weighted by molar-refractivity contribution is 6.35. The molecule has 0 amide bonds. The van der Waals surface area contributed by atoms with E-state index in [-0.39, 0.29) is 5.43 Å². The number of hydrogen-bond donors (Lipinski definition) is 0. The first kappa shape index (κ1) is 13.6. The first-order chi connectivity index (χ1) is 10.6. The molecule has 0 N–H and O–H groups in total. The predicted octanol–water partition coefficient (Wildman–Crippen LogP) is 4.65. The van der Waals surface area contributed by atoms with Crippen LogP contribution in [0.1, 0.15) is 5.56 Å². The molecule has 0 atom stereocenters. The van der Waals surface area contributed by atoms with Gasteiger partial charge in [-0.2, -0.15) is 0 Å². The minimum Gasteiger partial charge on any atom is -0.289 e. The molecule has 0 spiro atoms. The maximum atomic E-state index is 12.7. The van der Waals surface area contributed by atoms with Crippen molar-refractivity contribution in [3.8, 4) is 0 Å². The standard InChI is InChI=1S/C19H10Cl2O/c20-13-8-7-12(17(21)10-13)9-16-14-5-1-3-11-4-2-6-15(18(11)14)19(16)22/h1-10H. The Kier molecular flexibility index (Phi) is 3.07. The quantitative estimate of drug-likeness (QED) is 0.498. The van der Waals surface area contributed by atoms with E-state index in [9.17, 15) is 4.79 Å². The van der Waals surface area contributed by atoms with E-state index >= 15 is 0 Å². The minimum atomic E-state index is 0.0396. The lowest BCUT2D eigenvalue weighted by Gasteiger charge is -1.98. The van der Waals surface area contributed by atoms with Gasteiger partial charge in [0.15, 0.2) is 5.43 Å². The summed E-state index contributed by atoms with van der Waals surface area (Å²) >= 11 is 12.2. The molecule has 3 heteroatoms. The van der Waals surface area contributed by atoms with E-state index in [0.29, 0.717) is 15.3 Å². The monoisotopic (exact) mass is 324 g/mol. The van der Waals surface area contributed by atoms with Crippen LogP contribution in [0, 0.1) is 0 Å². The Bertz CT molecular complexity index is 1110. The summed E-state index contributed by atoms with van der Waals surface area (Å²) in [5.41, 5.74) is 0.831. The number of benzene rings is 3. The van der Waals surface area contributed by atoms with Gasteiger partial charge in [0, 0.05) is 26.0 Å². The molecule has 0 unspecified atom stereocenters. The van der Waals surface area contributed by atoms with Crippen LogP contribution >= 0.6 is 23.2 Å². The predicted molar refractivity (Wildman–Crippen MR) is 94.2 cm³/mol. The van der Waals surface area contributed by atoms with Crippen molar-refractivity contribution in [3.05, 3.63) is 85.6 Å². The molecule has 0 aliphatic carbocycles. The van der Waals surface area contributed by atoms with Crippen LogP contribution in [0.3, 0.4) is 0 Å². The van der Waals surface area contributed by atoms with Crippen molar-refractivity contribution in [2.24, 2.45) is 0 Å². The van der Waals surface area contributed by atoms with E-state index in [1.807, 2.05) is 48.5 Å². The van der Waals surface area contributed by atoms with Gasteiger partial charge in [-0.15, -0.1) is 0 Å². The Balaban J connectivity index is 2.15. The SMILES string of the molecule is O=c1c(=Cc2ccc(Cl)cc2Cl)c2cccc3cccc1c32. The summed E-state index contributed by atoms with van der Waals surface area (Å²) in [6.07, 6.45) is 1.84. The van der Waals surface area contributed by atoms with Crippen LogP contribution in [0.4, 0.5) is 0 Å². The Labute approximate surface area is 136 Å². The van der Waals surface area contributed by atoms with Gasteiger partial charge in [0.05, 0.1) is 0 Å². The third kappa shape index (κ3) is 1.98. The minimum absolute atomic E-state index is 0.0396. The van der Waals surface area contributed by atoms with Gasteiger partial charge >= 0.3 is 0 Å². The maximum Gasteiger partial charge on any atom is 0.194 e. The summed E-state index contributed by atoms with van der Waals surface area (Å²) < 4.78 is 0. The normalized spacial score (nSPS) is 12.5. The van der Waals surface area contributed by atoms with Gasteiger partial charge in [-0.05, 0) is 34.5 Å². The summed E-state index contributed by atoms with van der Waals surface area (Å²) in [4.78, 5) is 12.7. The number of rotatable bonds is 1. The van der Waals surface area contributed by atoms with Crippen molar-refractivity contribution in [2.45, 2.75) is 0 Å². The lowest BCUT2D eigenvalue weighted by Crippen LogP contribution is -2.19. The van der Waals surface area contributed by atoms with E-state index in [4.69, 9.17) is 23.2 Å². The van der Waals surface area contributed by atoms with Crippen molar-refractivity contribution in [3.63, 3.8) is 0 Å². The summed E-state index contributed by atoms with van der Waals surface area (Å²) in [7, 11) is 0. The van der Waals surface area contributed by atoms with Crippen LogP contribution in [0.2, 0.25) is 10.0 Å². The van der Waals surface area contributed by atoms with E-state index in [2.05, 4.69) is 0 Å². The van der Waals surface area contributed by atoms with Crippen LogP contribution in [0.15, 0.2) is 59.4 Å². The average Bonchev–Trinajstić information content (AvgIpc) is 2.78. The molecule has 106 valence electrons. The van der Waals surface area contributed by atoms with Crippen LogP contribution in [0.5, 0.6) is 0 Å². The first-order valence-corrected chi connectivity index (χ1v) is 7.64. The van der Waals surface area contributed by atoms with Crippen molar-refractivity contribution >= 4 is 50.8 Å². The molecule has 1 nitrogen and oxygen atoms in total. The van der Waals surface area contributed by atoms with Gasteiger partial charge in [-0.1, -0.05) is 65.7 Å². The third-order valence-corrected chi connectivity index (χ3v) is 4.51. The summed E-state index contributed by atoms with van der Waals surface area (Å²) in [6, 6.07) is 17.1. The van der Waals surface area contributed by atoms with Crippen LogP contribution < -0.4 is 10.6 Å². The molecule has 4 aromatic carbocycles. The van der Waals surface area contributed by atoms with Crippen molar-refractivity contribution in [1.82, 2.24) is 0 Å². The van der Waals surface area contributed by atoms with Gasteiger partial charge < -0.3 is 0 Å². The molecule has 0 aliphatic heterocycles. The molecule has 0 heterocycles. The second-order valence-electron chi connectivity index (χ2n) is 5.26. The van der Waals surface area contributed by atoms with E-state index in [0.717, 1.165) is 27.1 Å². The van der Waals surface area contributed by atoms with Gasteiger partial charge in [0.25, 0.3) is 0 Å². The molecule has 0 bridgehead atoms. The fraction of sp³-hybridized carbons (Fsp3) is 0. The highest BCUT2D eigenvalue weighted by Gasteiger charge is 2.10. The van der Waals surface area contributed by atoms with E-state index < -0.39 is 0 Å². The molecule has 4 aromatic rings. The smallest absolute Gasteiger partial charge is 0.194 e. The summed E-state index contributed by atoms with van der Waals surface area (Å²) in [5, 5.41) is 5.61. The van der Waals surface area contributed by atoms with Gasteiger partial charge in [0.1, 0.15) is 0 Å². The topological polar surface area (TPSA) is 17.1 Å². The Morgan fingerprint density at radius 3 is 2.32 bits per heavy atom. The van der Waals surface area contributed by atoms with Crippen LogP contribution in [-0.2, 0) is 0 Å². The molecule has 0 fully saturated rings. The van der Waals surface area contributed by atoms with Gasteiger partial charge in [-0.3, -0.25) is 4.79 Å². The third-order valence-electron chi connectivity index (χ3n) is 3.95. The fourth-order valence-electron chi connectivity index (χ4n) is 2.94. The molecule has 0 aliphatic rings. The molecule has 22 heavy (non-hydrogen) atoms. The Morgan fingerprint density at radius 2 is 1.59 bits per heavy atom. The largest absolute Gasteiger partial charge is 0.289 e. The Hall–Kier alpha value is -2.09. The number of halogens is 2. The molecule has 0 aromatic heterocycles. The van der Waals surface area contributed by atoms with Gasteiger partial charge in [0.2, 0.25) is 0 Å². The summed E-state index contributed by atoms with van der Waals surface area (Å²) in [5.74, 6) is 0. The maximum absolute atomic E-state index is 12.7. The highest BCUT2D eigenvalue weighted by atomic mass is 35.5. The Morgan fingerprint density at radius 1 is 0.864 bits per heavy atom. The molecular formula is C19H10Cl2O. The van der Waals surface area contributed by atoms with Crippen molar-refractivity contribution < 1.29 is 0 Å². The lowest BCUT2D eigenvalue weighted by atomic mass is 10.1. The molecule has 4 rings (SSSR count). The van der Waals surface area contributed by atoms with Gasteiger partial charge in [-0.25, -0.2) is 0 Å². The van der Waals surface area contributed by atoms with Crippen molar-refractivity contribution in [2.75, 3.05) is 0 Å². The number of hydrogen-bond acceptors (Lipinski definition) is 1.